The summed E-state index contributed by atoms with van der Waals surface area (Å²) in [6, 6.07) is 9.27. The van der Waals surface area contributed by atoms with Crippen molar-refractivity contribution in [1.82, 2.24) is 10.3 Å². The molecule has 0 radical (unpaired) electrons. The fraction of sp³-hybridized carbons (Fsp3) is 0.300. The second kappa shape index (κ2) is 8.90. The summed E-state index contributed by atoms with van der Waals surface area (Å²) in [6.07, 6.45) is 0. The second-order valence-electron chi connectivity index (χ2n) is 6.20. The fourth-order valence-electron chi connectivity index (χ4n) is 2.66. The lowest BCUT2D eigenvalue weighted by atomic mass is 10.1. The van der Waals surface area contributed by atoms with E-state index in [1.165, 1.54) is 11.3 Å². The van der Waals surface area contributed by atoms with Gasteiger partial charge in [-0.1, -0.05) is 0 Å². The molecule has 2 aromatic heterocycles. The summed E-state index contributed by atoms with van der Waals surface area (Å²) in [7, 11) is 3.20. The Balaban J connectivity index is 1.60. The number of nitrogens with zero attached hydrogens (tertiary/aromatic N) is 1. The lowest BCUT2D eigenvalue weighted by molar-refractivity contribution is -0.115. The van der Waals surface area contributed by atoms with Gasteiger partial charge in [-0.3, -0.25) is 10.1 Å². The lowest BCUT2D eigenvalue weighted by Crippen LogP contribution is -2.29. The molecule has 3 rings (SSSR count). The molecule has 1 atom stereocenters. The number of ether oxygens (including phenoxy) is 2. The Labute approximate surface area is 167 Å². The number of amides is 1. The minimum atomic E-state index is -0.169. The third kappa shape index (κ3) is 4.71. The number of carbonyl (C=O) groups is 1. The number of benzene rings is 1. The number of hydrogen-bond acceptors (Lipinski definition) is 7. The van der Waals surface area contributed by atoms with Crippen LogP contribution in [0.4, 0.5) is 5.13 Å². The van der Waals surface area contributed by atoms with Crippen molar-refractivity contribution in [2.75, 3.05) is 26.1 Å². The van der Waals surface area contributed by atoms with Crippen molar-refractivity contribution in [2.45, 2.75) is 19.9 Å². The minimum absolute atomic E-state index is 0.0603. The fourth-order valence-corrected chi connectivity index (χ4v) is 3.39. The molecule has 0 fully saturated rings. The summed E-state index contributed by atoms with van der Waals surface area (Å²) in [4.78, 5) is 16.7. The van der Waals surface area contributed by atoms with Crippen molar-refractivity contribution < 1.29 is 18.7 Å². The van der Waals surface area contributed by atoms with Gasteiger partial charge in [0.25, 0.3) is 0 Å². The van der Waals surface area contributed by atoms with E-state index in [1.807, 2.05) is 43.5 Å². The number of hydrogen-bond donors (Lipinski definition) is 2. The van der Waals surface area contributed by atoms with Crippen molar-refractivity contribution in [3.63, 3.8) is 0 Å². The normalized spacial score (nSPS) is 11.9. The highest BCUT2D eigenvalue weighted by Gasteiger charge is 2.14. The maximum absolute atomic E-state index is 12.2. The average molecular weight is 401 g/mol. The number of rotatable bonds is 8. The van der Waals surface area contributed by atoms with Gasteiger partial charge in [-0.05, 0) is 38.1 Å². The topological polar surface area (TPSA) is 85.6 Å². The van der Waals surface area contributed by atoms with Crippen LogP contribution < -0.4 is 20.1 Å². The molecule has 1 unspecified atom stereocenters. The third-order valence-electron chi connectivity index (χ3n) is 4.19. The van der Waals surface area contributed by atoms with Crippen molar-refractivity contribution in [3.8, 4) is 22.8 Å². The van der Waals surface area contributed by atoms with E-state index in [1.54, 1.807) is 20.3 Å². The summed E-state index contributed by atoms with van der Waals surface area (Å²) in [5, 5.41) is 8.36. The molecule has 0 bridgehead atoms. The molecule has 2 heterocycles. The zero-order valence-corrected chi connectivity index (χ0v) is 17.1. The van der Waals surface area contributed by atoms with Crippen LogP contribution in [-0.2, 0) is 4.79 Å². The van der Waals surface area contributed by atoms with Gasteiger partial charge in [-0.2, -0.15) is 0 Å². The number of aryl methyl sites for hydroxylation is 1. The van der Waals surface area contributed by atoms with Crippen LogP contribution in [0, 0.1) is 6.92 Å². The van der Waals surface area contributed by atoms with Crippen LogP contribution in [0.5, 0.6) is 11.5 Å². The molecule has 0 saturated carbocycles. The first-order chi connectivity index (χ1) is 13.5. The molecule has 28 heavy (non-hydrogen) atoms. The van der Waals surface area contributed by atoms with E-state index >= 15 is 0 Å². The van der Waals surface area contributed by atoms with Crippen LogP contribution in [-0.4, -0.2) is 31.7 Å². The zero-order chi connectivity index (χ0) is 20.1. The molecular weight excluding hydrogens is 378 g/mol. The van der Waals surface area contributed by atoms with Crippen molar-refractivity contribution in [2.24, 2.45) is 0 Å². The quantitative estimate of drug-likeness (QED) is 0.593. The Morgan fingerprint density at radius 2 is 2.07 bits per heavy atom. The molecule has 148 valence electrons. The van der Waals surface area contributed by atoms with Crippen molar-refractivity contribution in [1.29, 1.82) is 0 Å². The minimum Gasteiger partial charge on any atom is -0.497 e. The number of nitrogens with one attached hydrogen (secondary N) is 2. The summed E-state index contributed by atoms with van der Waals surface area (Å²) in [5.41, 5.74) is 1.56. The van der Waals surface area contributed by atoms with Gasteiger partial charge < -0.3 is 19.2 Å². The summed E-state index contributed by atoms with van der Waals surface area (Å²) in [5.74, 6) is 2.84. The molecule has 0 aliphatic rings. The van der Waals surface area contributed by atoms with Gasteiger partial charge in [0.15, 0.2) is 5.13 Å². The number of methoxy groups -OCH3 is 2. The van der Waals surface area contributed by atoms with Gasteiger partial charge >= 0.3 is 0 Å². The van der Waals surface area contributed by atoms with E-state index in [4.69, 9.17) is 13.9 Å². The van der Waals surface area contributed by atoms with Crippen LogP contribution in [0.25, 0.3) is 11.3 Å². The SMILES string of the molecule is COc1ccc(-c2csc(NC(=O)CNC(C)c3ccc(C)o3)n2)c(OC)c1. The van der Waals surface area contributed by atoms with Crippen LogP contribution >= 0.6 is 11.3 Å². The smallest absolute Gasteiger partial charge is 0.240 e. The monoisotopic (exact) mass is 401 g/mol. The Kier molecular flexibility index (Phi) is 6.33. The van der Waals surface area contributed by atoms with Crippen LogP contribution in [0.1, 0.15) is 24.5 Å². The predicted molar refractivity (Wildman–Crippen MR) is 109 cm³/mol. The summed E-state index contributed by atoms with van der Waals surface area (Å²) >= 11 is 1.36. The highest BCUT2D eigenvalue weighted by Crippen LogP contribution is 2.34. The molecular formula is C20H23N3O4S. The maximum Gasteiger partial charge on any atom is 0.240 e. The van der Waals surface area contributed by atoms with Crippen LogP contribution in [0.15, 0.2) is 40.1 Å². The Morgan fingerprint density at radius 3 is 2.75 bits per heavy atom. The van der Waals surface area contributed by atoms with Gasteiger partial charge in [0.2, 0.25) is 5.91 Å². The molecule has 1 amide bonds. The molecule has 0 aliphatic carbocycles. The first kappa shape index (κ1) is 19.9. The van der Waals surface area contributed by atoms with Gasteiger partial charge in [0.05, 0.1) is 32.5 Å². The standard InChI is InChI=1S/C20H23N3O4S/c1-12-5-8-17(27-12)13(2)21-10-19(24)23-20-22-16(11-28-20)15-7-6-14(25-3)9-18(15)26-4/h5-9,11,13,21H,10H2,1-4H3,(H,22,23,24). The van der Waals surface area contributed by atoms with Gasteiger partial charge in [-0.25, -0.2) is 4.98 Å². The molecule has 0 spiro atoms. The number of thiazole rings is 1. The predicted octanol–water partition coefficient (Wildman–Crippen LogP) is 4.02. The van der Waals surface area contributed by atoms with E-state index < -0.39 is 0 Å². The summed E-state index contributed by atoms with van der Waals surface area (Å²) < 4.78 is 16.2. The number of anilines is 1. The lowest BCUT2D eigenvalue weighted by Gasteiger charge is -2.10. The number of furan rings is 1. The Morgan fingerprint density at radius 1 is 1.25 bits per heavy atom. The number of aromatic nitrogens is 1. The van der Waals surface area contributed by atoms with E-state index in [2.05, 4.69) is 15.6 Å². The van der Waals surface area contributed by atoms with Crippen molar-refractivity contribution in [3.05, 3.63) is 47.2 Å². The maximum atomic E-state index is 12.2. The van der Waals surface area contributed by atoms with E-state index in [0.717, 1.165) is 22.8 Å². The molecule has 0 aliphatic heterocycles. The third-order valence-corrected chi connectivity index (χ3v) is 4.95. The van der Waals surface area contributed by atoms with Gasteiger partial charge in [0, 0.05) is 17.0 Å². The zero-order valence-electron chi connectivity index (χ0n) is 16.2. The molecule has 7 nitrogen and oxygen atoms in total. The van der Waals surface area contributed by atoms with E-state index in [0.29, 0.717) is 16.6 Å². The van der Waals surface area contributed by atoms with Crippen LogP contribution in [0.2, 0.25) is 0 Å². The highest BCUT2D eigenvalue weighted by molar-refractivity contribution is 7.14. The van der Waals surface area contributed by atoms with Crippen LogP contribution in [0.3, 0.4) is 0 Å². The molecule has 1 aromatic carbocycles. The molecule has 3 aromatic rings. The number of carbonyl (C=O) groups excluding carboxylic acids is 1. The molecule has 0 saturated heterocycles. The largest absolute Gasteiger partial charge is 0.497 e. The second-order valence-corrected chi connectivity index (χ2v) is 7.06. The first-order valence-electron chi connectivity index (χ1n) is 8.77. The average Bonchev–Trinajstić information content (AvgIpc) is 3.34. The van der Waals surface area contributed by atoms with Gasteiger partial charge in [-0.15, -0.1) is 11.3 Å². The van der Waals surface area contributed by atoms with Crippen molar-refractivity contribution >= 4 is 22.4 Å². The van der Waals surface area contributed by atoms with E-state index in [-0.39, 0.29) is 18.5 Å². The molecule has 8 heteroatoms. The Bertz CT molecular complexity index is 951. The summed E-state index contributed by atoms with van der Waals surface area (Å²) in [6.45, 7) is 3.99. The Hall–Kier alpha value is -2.84. The molecule has 2 N–H and O–H groups in total. The van der Waals surface area contributed by atoms with Gasteiger partial charge in [0.1, 0.15) is 23.0 Å². The van der Waals surface area contributed by atoms with E-state index in [9.17, 15) is 4.79 Å². The highest BCUT2D eigenvalue weighted by atomic mass is 32.1. The first-order valence-corrected chi connectivity index (χ1v) is 9.65.